The number of phenolic OH excluding ortho intramolecular Hbond substituents is 1. The fourth-order valence-electron chi connectivity index (χ4n) is 2.94. The van der Waals surface area contributed by atoms with Crippen LogP contribution in [0.1, 0.15) is 24.0 Å². The molecule has 0 aliphatic carbocycles. The van der Waals surface area contributed by atoms with Gasteiger partial charge in [0.2, 0.25) is 0 Å². The summed E-state index contributed by atoms with van der Waals surface area (Å²) in [5, 5.41) is 18.4. The molecule has 3 rings (SSSR count). The number of carboxylic acids is 1. The summed E-state index contributed by atoms with van der Waals surface area (Å²) < 4.78 is 5.31. The van der Waals surface area contributed by atoms with Crippen LogP contribution in [0.2, 0.25) is 0 Å². The van der Waals surface area contributed by atoms with Crippen LogP contribution in [0.25, 0.3) is 0 Å². The van der Waals surface area contributed by atoms with E-state index in [9.17, 15) is 14.7 Å². The molecular formula is C15H17NO5. The number of carboxylic acid groups (broad SMARTS) is 1. The molecule has 2 N–H and O–H groups in total. The molecule has 2 aliphatic rings. The average Bonchev–Trinajstić information content (AvgIpc) is 2.95. The van der Waals surface area contributed by atoms with E-state index in [-0.39, 0.29) is 11.7 Å². The van der Waals surface area contributed by atoms with Gasteiger partial charge in [-0.25, -0.2) is 4.79 Å². The maximum Gasteiger partial charge on any atom is 0.332 e. The number of fused-ring (bicyclic) bond motifs is 1. The Labute approximate surface area is 121 Å². The van der Waals surface area contributed by atoms with Crippen molar-refractivity contribution in [2.24, 2.45) is 0 Å². The summed E-state index contributed by atoms with van der Waals surface area (Å²) in [6.45, 7) is 1.02. The van der Waals surface area contributed by atoms with Gasteiger partial charge in [-0.2, -0.15) is 0 Å². The fourth-order valence-corrected chi connectivity index (χ4v) is 2.94. The molecule has 1 aromatic rings. The van der Waals surface area contributed by atoms with E-state index in [0.717, 1.165) is 17.5 Å². The number of benzene rings is 1. The standard InChI is InChI=1S/C15H17NO5/c17-11-2-1-9-5-6-16(8-10(9)7-11)14(18)12-3-4-13(21-12)15(19)20/h1-2,7,12-13,17H,3-6,8H2,(H,19,20). The number of aromatic hydroxyl groups is 1. The molecule has 2 atom stereocenters. The van der Waals surface area contributed by atoms with Gasteiger partial charge in [0.15, 0.2) is 6.10 Å². The topological polar surface area (TPSA) is 87.1 Å². The number of phenols is 1. The first-order valence-corrected chi connectivity index (χ1v) is 7.02. The van der Waals surface area contributed by atoms with Crippen molar-refractivity contribution < 1.29 is 24.5 Å². The van der Waals surface area contributed by atoms with Gasteiger partial charge >= 0.3 is 5.97 Å². The van der Waals surface area contributed by atoms with Gasteiger partial charge < -0.3 is 19.8 Å². The fraction of sp³-hybridized carbons (Fsp3) is 0.467. The maximum absolute atomic E-state index is 12.4. The molecule has 6 heteroatoms. The highest BCUT2D eigenvalue weighted by Gasteiger charge is 2.37. The molecule has 2 aliphatic heterocycles. The summed E-state index contributed by atoms with van der Waals surface area (Å²) in [5.74, 6) is -0.988. The number of rotatable bonds is 2. The SMILES string of the molecule is O=C(O)C1CCC(C(=O)N2CCc3ccc(O)cc3C2)O1. The number of amides is 1. The van der Waals surface area contributed by atoms with E-state index in [0.29, 0.717) is 25.9 Å². The molecule has 1 saturated heterocycles. The Bertz CT molecular complexity index is 585. The highest BCUT2D eigenvalue weighted by Crippen LogP contribution is 2.26. The van der Waals surface area contributed by atoms with Crippen LogP contribution in [0.5, 0.6) is 5.75 Å². The second-order valence-electron chi connectivity index (χ2n) is 5.49. The van der Waals surface area contributed by atoms with E-state index in [1.165, 1.54) is 0 Å². The molecular weight excluding hydrogens is 274 g/mol. The lowest BCUT2D eigenvalue weighted by Gasteiger charge is -2.30. The molecule has 6 nitrogen and oxygen atoms in total. The Hall–Kier alpha value is -2.08. The molecule has 112 valence electrons. The molecule has 0 radical (unpaired) electrons. The first-order chi connectivity index (χ1) is 10.0. The van der Waals surface area contributed by atoms with Crippen LogP contribution in [-0.2, 0) is 27.3 Å². The average molecular weight is 291 g/mol. The molecule has 0 saturated carbocycles. The monoisotopic (exact) mass is 291 g/mol. The second kappa shape index (κ2) is 5.37. The van der Waals surface area contributed by atoms with E-state index < -0.39 is 18.2 Å². The van der Waals surface area contributed by atoms with Gasteiger partial charge in [-0.3, -0.25) is 4.79 Å². The number of hydrogen-bond acceptors (Lipinski definition) is 4. The first-order valence-electron chi connectivity index (χ1n) is 7.02. The molecule has 0 bridgehead atoms. The molecule has 1 aromatic carbocycles. The van der Waals surface area contributed by atoms with Gasteiger partial charge in [0, 0.05) is 13.1 Å². The maximum atomic E-state index is 12.4. The van der Waals surface area contributed by atoms with Gasteiger partial charge in [-0.1, -0.05) is 6.07 Å². The number of ether oxygens (including phenoxy) is 1. The Kier molecular flexibility index (Phi) is 3.55. The van der Waals surface area contributed by atoms with Crippen molar-refractivity contribution in [3.05, 3.63) is 29.3 Å². The minimum Gasteiger partial charge on any atom is -0.508 e. The lowest BCUT2D eigenvalue weighted by Crippen LogP contribution is -2.42. The highest BCUT2D eigenvalue weighted by molar-refractivity contribution is 5.83. The number of carbonyl (C=O) groups excluding carboxylic acids is 1. The van der Waals surface area contributed by atoms with Gasteiger partial charge in [0.05, 0.1) is 0 Å². The zero-order chi connectivity index (χ0) is 15.0. The summed E-state index contributed by atoms with van der Waals surface area (Å²) in [6, 6.07) is 5.19. The van der Waals surface area contributed by atoms with Crippen LogP contribution in [0.3, 0.4) is 0 Å². The number of carbonyl (C=O) groups is 2. The van der Waals surface area contributed by atoms with Crippen LogP contribution in [0.4, 0.5) is 0 Å². The van der Waals surface area contributed by atoms with E-state index in [1.54, 1.807) is 17.0 Å². The summed E-state index contributed by atoms with van der Waals surface area (Å²) in [5.41, 5.74) is 2.06. The van der Waals surface area contributed by atoms with Crippen LogP contribution in [0.15, 0.2) is 18.2 Å². The summed E-state index contributed by atoms with van der Waals surface area (Å²) in [4.78, 5) is 25.0. The van der Waals surface area contributed by atoms with Gasteiger partial charge in [-0.15, -0.1) is 0 Å². The van der Waals surface area contributed by atoms with Gasteiger partial charge in [-0.05, 0) is 42.5 Å². The third-order valence-corrected chi connectivity index (χ3v) is 4.08. The summed E-state index contributed by atoms with van der Waals surface area (Å²) in [6.07, 6.45) is 0.0112. The van der Waals surface area contributed by atoms with Crippen molar-refractivity contribution >= 4 is 11.9 Å². The molecule has 0 aromatic heterocycles. The van der Waals surface area contributed by atoms with Crippen molar-refractivity contribution in [3.8, 4) is 5.75 Å². The molecule has 21 heavy (non-hydrogen) atoms. The van der Waals surface area contributed by atoms with Crippen LogP contribution < -0.4 is 0 Å². The Morgan fingerprint density at radius 3 is 2.67 bits per heavy atom. The van der Waals surface area contributed by atoms with Gasteiger partial charge in [0.1, 0.15) is 11.9 Å². The number of aliphatic carboxylic acids is 1. The van der Waals surface area contributed by atoms with Crippen LogP contribution >= 0.6 is 0 Å². The van der Waals surface area contributed by atoms with Crippen molar-refractivity contribution in [1.82, 2.24) is 4.90 Å². The third kappa shape index (κ3) is 2.71. The second-order valence-corrected chi connectivity index (χ2v) is 5.49. The first kappa shape index (κ1) is 13.9. The van der Waals surface area contributed by atoms with Crippen molar-refractivity contribution in [3.63, 3.8) is 0 Å². The van der Waals surface area contributed by atoms with E-state index in [1.807, 2.05) is 6.07 Å². The van der Waals surface area contributed by atoms with Crippen LogP contribution in [-0.4, -0.2) is 45.7 Å². The Morgan fingerprint density at radius 2 is 1.95 bits per heavy atom. The number of hydrogen-bond donors (Lipinski definition) is 2. The van der Waals surface area contributed by atoms with Crippen molar-refractivity contribution in [1.29, 1.82) is 0 Å². The minimum absolute atomic E-state index is 0.159. The lowest BCUT2D eigenvalue weighted by molar-refractivity contribution is -0.155. The number of nitrogens with zero attached hydrogens (tertiary/aromatic N) is 1. The smallest absolute Gasteiger partial charge is 0.332 e. The quantitative estimate of drug-likeness (QED) is 0.845. The zero-order valence-corrected chi connectivity index (χ0v) is 11.5. The van der Waals surface area contributed by atoms with Gasteiger partial charge in [0.25, 0.3) is 5.91 Å². The lowest BCUT2D eigenvalue weighted by atomic mass is 9.99. The van der Waals surface area contributed by atoms with Crippen molar-refractivity contribution in [2.75, 3.05) is 6.54 Å². The summed E-state index contributed by atoms with van der Waals surface area (Å²) in [7, 11) is 0. The molecule has 0 spiro atoms. The minimum atomic E-state index is -1.01. The predicted octanol–water partition coefficient (Wildman–Crippen LogP) is 0.909. The predicted molar refractivity (Wildman–Crippen MR) is 72.8 cm³/mol. The molecule has 1 amide bonds. The molecule has 1 fully saturated rings. The zero-order valence-electron chi connectivity index (χ0n) is 11.5. The molecule has 2 heterocycles. The molecule has 2 unspecified atom stereocenters. The third-order valence-electron chi connectivity index (χ3n) is 4.08. The summed E-state index contributed by atoms with van der Waals surface area (Å²) >= 11 is 0. The van der Waals surface area contributed by atoms with Crippen LogP contribution in [0, 0.1) is 0 Å². The largest absolute Gasteiger partial charge is 0.508 e. The van der Waals surface area contributed by atoms with E-state index >= 15 is 0 Å². The highest BCUT2D eigenvalue weighted by atomic mass is 16.5. The van der Waals surface area contributed by atoms with Crippen molar-refractivity contribution in [2.45, 2.75) is 38.0 Å². The normalized spacial score (nSPS) is 24.7. The Morgan fingerprint density at radius 1 is 1.19 bits per heavy atom. The van der Waals surface area contributed by atoms with E-state index in [4.69, 9.17) is 9.84 Å². The van der Waals surface area contributed by atoms with E-state index in [2.05, 4.69) is 0 Å². The Balaban J connectivity index is 1.69.